The van der Waals surface area contributed by atoms with Crippen LogP contribution in [0.2, 0.25) is 0 Å². The normalized spacial score (nSPS) is 19.4. The Labute approximate surface area is 185 Å². The van der Waals surface area contributed by atoms with Crippen LogP contribution >= 0.6 is 0 Å². The lowest BCUT2D eigenvalue weighted by Gasteiger charge is -2.36. The second-order valence-corrected chi connectivity index (χ2v) is 7.93. The number of rotatable bonds is 5. The summed E-state index contributed by atoms with van der Waals surface area (Å²) in [5.74, 6) is 0.241. The van der Waals surface area contributed by atoms with Crippen molar-refractivity contribution < 1.29 is 18.7 Å². The van der Waals surface area contributed by atoms with Crippen LogP contribution in [0.1, 0.15) is 0 Å². The molecular weight excluding hydrogens is 413 g/mol. The molecule has 166 valence electrons. The van der Waals surface area contributed by atoms with Crippen molar-refractivity contribution in [1.82, 2.24) is 14.9 Å². The minimum absolute atomic E-state index is 0.216. The van der Waals surface area contributed by atoms with Crippen molar-refractivity contribution in [2.45, 2.75) is 6.10 Å². The van der Waals surface area contributed by atoms with Gasteiger partial charge in [-0.25, -0.2) is 14.2 Å². The summed E-state index contributed by atoms with van der Waals surface area (Å²) in [5, 5.41) is 0. The van der Waals surface area contributed by atoms with Crippen LogP contribution in [-0.2, 0) is 4.74 Å². The highest BCUT2D eigenvalue weighted by molar-refractivity contribution is 5.90. The Bertz CT molecular complexity index is 1120. The smallest absolute Gasteiger partial charge is 0.414 e. The standard InChI is InChI=1S/C23H24FN5O3/c1-31-21-7-6-19-22(26-21)20(8-9-25-19)28-12-10-27(11-13-28)14-18-15-29(23(30)32-18)17-4-2-16(24)3-5-17/h2-9,18H,10-15H2,1H3. The van der Waals surface area contributed by atoms with Gasteiger partial charge in [-0.1, -0.05) is 0 Å². The number of nitrogens with zero attached hydrogens (tertiary/aromatic N) is 5. The first-order valence-corrected chi connectivity index (χ1v) is 10.6. The lowest BCUT2D eigenvalue weighted by Crippen LogP contribution is -2.49. The van der Waals surface area contributed by atoms with E-state index in [9.17, 15) is 9.18 Å². The van der Waals surface area contributed by atoms with Crippen LogP contribution < -0.4 is 14.5 Å². The van der Waals surface area contributed by atoms with E-state index in [0.29, 0.717) is 24.7 Å². The number of pyridine rings is 2. The zero-order chi connectivity index (χ0) is 22.1. The van der Waals surface area contributed by atoms with E-state index >= 15 is 0 Å². The maximum absolute atomic E-state index is 13.2. The lowest BCUT2D eigenvalue weighted by molar-refractivity contribution is 0.106. The number of ether oxygens (including phenoxy) is 2. The molecule has 3 aromatic rings. The molecule has 1 aromatic carbocycles. The van der Waals surface area contributed by atoms with E-state index in [4.69, 9.17) is 9.47 Å². The molecule has 5 rings (SSSR count). The Kier molecular flexibility index (Phi) is 5.48. The molecule has 9 heteroatoms. The molecule has 0 bridgehead atoms. The number of anilines is 2. The van der Waals surface area contributed by atoms with Crippen molar-refractivity contribution in [3.63, 3.8) is 0 Å². The number of methoxy groups -OCH3 is 1. The number of halogens is 1. The fourth-order valence-corrected chi connectivity index (χ4v) is 4.27. The zero-order valence-electron chi connectivity index (χ0n) is 17.8. The lowest BCUT2D eigenvalue weighted by atomic mass is 10.2. The first kappa shape index (κ1) is 20.4. The SMILES string of the molecule is COc1ccc2nccc(N3CCN(CC4CN(c5ccc(F)cc5)C(=O)O4)CC3)c2n1. The van der Waals surface area contributed by atoms with Gasteiger partial charge in [0.2, 0.25) is 5.88 Å². The number of cyclic esters (lactones) is 1. The molecule has 2 fully saturated rings. The molecule has 2 saturated heterocycles. The maximum Gasteiger partial charge on any atom is 0.414 e. The molecule has 2 aliphatic rings. The van der Waals surface area contributed by atoms with E-state index in [1.165, 1.54) is 12.1 Å². The Hall–Kier alpha value is -3.46. The number of carbonyl (C=O) groups excluding carboxylic acids is 1. The van der Waals surface area contributed by atoms with Gasteiger partial charge in [-0.3, -0.25) is 14.8 Å². The quantitative estimate of drug-likeness (QED) is 0.608. The first-order chi connectivity index (χ1) is 15.6. The second kappa shape index (κ2) is 8.58. The van der Waals surface area contributed by atoms with Crippen LogP contribution in [0.25, 0.3) is 11.0 Å². The van der Waals surface area contributed by atoms with E-state index in [0.717, 1.165) is 42.9 Å². The van der Waals surface area contributed by atoms with Crippen LogP contribution in [0.4, 0.5) is 20.6 Å². The summed E-state index contributed by atoms with van der Waals surface area (Å²) in [6.07, 6.45) is 1.20. The summed E-state index contributed by atoms with van der Waals surface area (Å²) >= 11 is 0. The molecule has 2 aromatic heterocycles. The number of hydrogen-bond acceptors (Lipinski definition) is 7. The third-order valence-corrected chi connectivity index (χ3v) is 5.93. The third-order valence-electron chi connectivity index (χ3n) is 5.93. The van der Waals surface area contributed by atoms with Crippen LogP contribution in [0.3, 0.4) is 0 Å². The zero-order valence-corrected chi connectivity index (χ0v) is 17.8. The van der Waals surface area contributed by atoms with Crippen LogP contribution in [0.5, 0.6) is 5.88 Å². The van der Waals surface area contributed by atoms with Gasteiger partial charge in [-0.15, -0.1) is 0 Å². The molecule has 1 atom stereocenters. The molecule has 1 amide bonds. The van der Waals surface area contributed by atoms with Crippen molar-refractivity contribution in [3.05, 3.63) is 54.5 Å². The Morgan fingerprint density at radius 1 is 1.09 bits per heavy atom. The van der Waals surface area contributed by atoms with Crippen LogP contribution in [0, 0.1) is 5.82 Å². The highest BCUT2D eigenvalue weighted by Crippen LogP contribution is 2.27. The van der Waals surface area contributed by atoms with Gasteiger partial charge >= 0.3 is 6.09 Å². The Balaban J connectivity index is 1.21. The average molecular weight is 437 g/mol. The van der Waals surface area contributed by atoms with Gasteiger partial charge in [0.25, 0.3) is 0 Å². The fraction of sp³-hybridized carbons (Fsp3) is 0.348. The van der Waals surface area contributed by atoms with Gasteiger partial charge in [-0.05, 0) is 36.4 Å². The molecule has 8 nitrogen and oxygen atoms in total. The van der Waals surface area contributed by atoms with Crippen molar-refractivity contribution >= 4 is 28.5 Å². The summed E-state index contributed by atoms with van der Waals surface area (Å²) in [4.78, 5) is 27.5. The van der Waals surface area contributed by atoms with E-state index < -0.39 is 0 Å². The van der Waals surface area contributed by atoms with Gasteiger partial charge in [0.05, 0.1) is 24.9 Å². The van der Waals surface area contributed by atoms with E-state index in [1.807, 2.05) is 18.2 Å². The Morgan fingerprint density at radius 2 is 1.88 bits per heavy atom. The number of hydrogen-bond donors (Lipinski definition) is 0. The molecule has 0 saturated carbocycles. The third kappa shape index (κ3) is 4.03. The highest BCUT2D eigenvalue weighted by Gasteiger charge is 2.34. The van der Waals surface area contributed by atoms with Crippen molar-refractivity contribution in [2.75, 3.05) is 56.2 Å². The summed E-state index contributed by atoms with van der Waals surface area (Å²) < 4.78 is 24.0. The van der Waals surface area contributed by atoms with Gasteiger partial charge in [0.15, 0.2) is 0 Å². The largest absolute Gasteiger partial charge is 0.481 e. The molecule has 32 heavy (non-hydrogen) atoms. The van der Waals surface area contributed by atoms with Gasteiger partial charge in [-0.2, -0.15) is 0 Å². The number of carbonyl (C=O) groups is 1. The molecule has 0 spiro atoms. The number of amides is 1. The van der Waals surface area contributed by atoms with Gasteiger partial charge in [0, 0.05) is 50.7 Å². The molecule has 0 radical (unpaired) electrons. The predicted molar refractivity (Wildman–Crippen MR) is 119 cm³/mol. The van der Waals surface area contributed by atoms with E-state index in [2.05, 4.69) is 19.8 Å². The number of fused-ring (bicyclic) bond motifs is 1. The fourth-order valence-electron chi connectivity index (χ4n) is 4.27. The molecule has 2 aliphatic heterocycles. The summed E-state index contributed by atoms with van der Waals surface area (Å²) in [6.45, 7) is 4.49. The number of aromatic nitrogens is 2. The maximum atomic E-state index is 13.2. The van der Waals surface area contributed by atoms with Crippen molar-refractivity contribution in [1.29, 1.82) is 0 Å². The van der Waals surface area contributed by atoms with Crippen molar-refractivity contribution in [2.24, 2.45) is 0 Å². The molecule has 0 N–H and O–H groups in total. The number of benzene rings is 1. The average Bonchev–Trinajstić information content (AvgIpc) is 3.19. The summed E-state index contributed by atoms with van der Waals surface area (Å²) in [7, 11) is 1.61. The molecule has 0 aliphatic carbocycles. The van der Waals surface area contributed by atoms with Crippen molar-refractivity contribution in [3.8, 4) is 5.88 Å². The van der Waals surface area contributed by atoms with Crippen LogP contribution in [0.15, 0.2) is 48.7 Å². The highest BCUT2D eigenvalue weighted by atomic mass is 19.1. The monoisotopic (exact) mass is 437 g/mol. The minimum atomic E-state index is -0.386. The topological polar surface area (TPSA) is 71.0 Å². The summed E-state index contributed by atoms with van der Waals surface area (Å²) in [5.41, 5.74) is 3.36. The summed E-state index contributed by atoms with van der Waals surface area (Å²) in [6, 6.07) is 11.6. The number of piperazine rings is 1. The molecule has 1 unspecified atom stereocenters. The van der Waals surface area contributed by atoms with E-state index in [1.54, 1.807) is 30.3 Å². The predicted octanol–water partition coefficient (Wildman–Crippen LogP) is 2.92. The molecular formula is C23H24FN5O3. The first-order valence-electron chi connectivity index (χ1n) is 10.6. The van der Waals surface area contributed by atoms with Gasteiger partial charge < -0.3 is 14.4 Å². The van der Waals surface area contributed by atoms with Crippen LogP contribution in [-0.4, -0.2) is 73.4 Å². The molecule has 4 heterocycles. The second-order valence-electron chi connectivity index (χ2n) is 7.93. The minimum Gasteiger partial charge on any atom is -0.481 e. The van der Waals surface area contributed by atoms with E-state index in [-0.39, 0.29) is 18.0 Å². The Morgan fingerprint density at radius 3 is 2.62 bits per heavy atom. The van der Waals surface area contributed by atoms with Gasteiger partial charge in [0.1, 0.15) is 17.4 Å².